The fourth-order valence-electron chi connectivity index (χ4n) is 2.03. The van der Waals surface area contributed by atoms with E-state index in [1.165, 1.54) is 0 Å². The number of benzene rings is 2. The number of hydrogen-bond acceptors (Lipinski definition) is 4. The van der Waals surface area contributed by atoms with Gasteiger partial charge in [0.15, 0.2) is 5.16 Å². The van der Waals surface area contributed by atoms with E-state index in [4.69, 9.17) is 0 Å². The molecule has 1 aromatic heterocycles. The summed E-state index contributed by atoms with van der Waals surface area (Å²) in [4.78, 5) is 12.2. The topological polar surface area (TPSA) is 59.8 Å². The Morgan fingerprint density at radius 3 is 2.52 bits per heavy atom. The van der Waals surface area contributed by atoms with E-state index >= 15 is 0 Å². The van der Waals surface area contributed by atoms with E-state index in [9.17, 15) is 4.79 Å². The van der Waals surface area contributed by atoms with Gasteiger partial charge in [0.1, 0.15) is 6.33 Å². The average Bonchev–Trinajstić information content (AvgIpc) is 2.99. The number of thioether (sulfide) groups is 1. The first-order valence-electron chi connectivity index (χ1n) is 7.14. The summed E-state index contributed by atoms with van der Waals surface area (Å²) < 4.78 is 1.88. The van der Waals surface area contributed by atoms with Gasteiger partial charge in [0, 0.05) is 24.1 Å². The smallest absolute Gasteiger partial charge is 0.255 e. The number of nitrogens with zero attached hydrogens (tertiary/aromatic N) is 3. The lowest BCUT2D eigenvalue weighted by Crippen LogP contribution is -2.11. The molecule has 0 aliphatic carbocycles. The van der Waals surface area contributed by atoms with Crippen LogP contribution in [0.15, 0.2) is 66.1 Å². The van der Waals surface area contributed by atoms with Crippen LogP contribution in [-0.2, 0) is 12.8 Å². The molecule has 0 saturated carbocycles. The third kappa shape index (κ3) is 3.98. The zero-order valence-corrected chi connectivity index (χ0v) is 13.5. The largest absolute Gasteiger partial charge is 0.322 e. The summed E-state index contributed by atoms with van der Waals surface area (Å²) in [5.74, 6) is 0.677. The molecule has 1 amide bonds. The third-order valence-electron chi connectivity index (χ3n) is 3.29. The second kappa shape index (κ2) is 7.11. The summed E-state index contributed by atoms with van der Waals surface area (Å²) in [6.45, 7) is 0. The van der Waals surface area contributed by atoms with E-state index < -0.39 is 0 Å². The molecule has 0 aliphatic rings. The Balaban J connectivity index is 1.60. The lowest BCUT2D eigenvalue weighted by molar-refractivity contribution is 0.102. The van der Waals surface area contributed by atoms with Crippen molar-refractivity contribution in [1.29, 1.82) is 0 Å². The number of para-hydroxylation sites is 1. The van der Waals surface area contributed by atoms with Gasteiger partial charge in [-0.2, -0.15) is 0 Å². The number of carbonyl (C=O) groups is 1. The molecule has 0 fully saturated rings. The van der Waals surface area contributed by atoms with Gasteiger partial charge in [-0.05, 0) is 29.8 Å². The Morgan fingerprint density at radius 2 is 1.87 bits per heavy atom. The molecule has 0 spiro atoms. The van der Waals surface area contributed by atoms with Crippen molar-refractivity contribution in [1.82, 2.24) is 14.8 Å². The van der Waals surface area contributed by atoms with Crippen molar-refractivity contribution in [3.8, 4) is 0 Å². The Bertz CT molecular complexity index is 784. The SMILES string of the molecule is Cn1cnnc1SCc1ccc(C(=O)Nc2ccccc2)cc1. The number of carbonyl (C=O) groups excluding carboxylic acids is 1. The van der Waals surface area contributed by atoms with Crippen molar-refractivity contribution in [3.63, 3.8) is 0 Å². The maximum atomic E-state index is 12.2. The molecule has 0 unspecified atom stereocenters. The Morgan fingerprint density at radius 1 is 1.13 bits per heavy atom. The molecule has 5 nitrogen and oxygen atoms in total. The van der Waals surface area contributed by atoms with Crippen molar-refractivity contribution >= 4 is 23.4 Å². The summed E-state index contributed by atoms with van der Waals surface area (Å²) in [7, 11) is 1.92. The highest BCUT2D eigenvalue weighted by Crippen LogP contribution is 2.20. The molecule has 0 saturated heterocycles. The molecule has 0 aliphatic heterocycles. The molecular formula is C17H16N4OS. The Kier molecular flexibility index (Phi) is 4.73. The first-order chi connectivity index (χ1) is 11.2. The van der Waals surface area contributed by atoms with Crippen LogP contribution in [0.1, 0.15) is 15.9 Å². The van der Waals surface area contributed by atoms with Gasteiger partial charge in [0.2, 0.25) is 0 Å². The van der Waals surface area contributed by atoms with Gasteiger partial charge in [0.05, 0.1) is 0 Å². The number of anilines is 1. The average molecular weight is 324 g/mol. The van der Waals surface area contributed by atoms with E-state index in [2.05, 4.69) is 15.5 Å². The predicted octanol–water partition coefficient (Wildman–Crippen LogP) is 3.36. The van der Waals surface area contributed by atoms with Crippen LogP contribution in [0.5, 0.6) is 0 Å². The highest BCUT2D eigenvalue weighted by molar-refractivity contribution is 7.98. The van der Waals surface area contributed by atoms with Crippen LogP contribution < -0.4 is 5.32 Å². The highest BCUT2D eigenvalue weighted by Gasteiger charge is 2.07. The van der Waals surface area contributed by atoms with Gasteiger partial charge in [-0.15, -0.1) is 10.2 Å². The summed E-state index contributed by atoms with van der Waals surface area (Å²) in [6, 6.07) is 17.0. The molecule has 0 bridgehead atoms. The van der Waals surface area contributed by atoms with Crippen LogP contribution in [0.4, 0.5) is 5.69 Å². The van der Waals surface area contributed by atoms with Gasteiger partial charge < -0.3 is 9.88 Å². The summed E-state index contributed by atoms with van der Waals surface area (Å²) in [6.07, 6.45) is 1.68. The van der Waals surface area contributed by atoms with Crippen LogP contribution in [0.3, 0.4) is 0 Å². The Hall–Kier alpha value is -2.60. The van der Waals surface area contributed by atoms with E-state index in [0.29, 0.717) is 5.56 Å². The van der Waals surface area contributed by atoms with Crippen molar-refractivity contribution in [2.75, 3.05) is 5.32 Å². The second-order valence-electron chi connectivity index (χ2n) is 5.03. The number of rotatable bonds is 5. The number of nitrogens with one attached hydrogen (secondary N) is 1. The molecule has 3 rings (SSSR count). The van der Waals surface area contributed by atoms with Crippen molar-refractivity contribution < 1.29 is 4.79 Å². The zero-order chi connectivity index (χ0) is 16.1. The minimum Gasteiger partial charge on any atom is -0.322 e. The molecule has 1 heterocycles. The minimum atomic E-state index is -0.108. The zero-order valence-electron chi connectivity index (χ0n) is 12.6. The van der Waals surface area contributed by atoms with E-state index in [0.717, 1.165) is 22.2 Å². The monoisotopic (exact) mass is 324 g/mol. The quantitative estimate of drug-likeness (QED) is 0.731. The molecular weight excluding hydrogens is 308 g/mol. The number of aryl methyl sites for hydroxylation is 1. The molecule has 0 radical (unpaired) electrons. The summed E-state index contributed by atoms with van der Waals surface area (Å²) >= 11 is 1.61. The van der Waals surface area contributed by atoms with E-state index in [1.807, 2.05) is 66.2 Å². The van der Waals surface area contributed by atoms with Crippen LogP contribution in [0.25, 0.3) is 0 Å². The maximum Gasteiger partial charge on any atom is 0.255 e. The highest BCUT2D eigenvalue weighted by atomic mass is 32.2. The molecule has 2 aromatic carbocycles. The number of hydrogen-bond donors (Lipinski definition) is 1. The van der Waals surface area contributed by atoms with Gasteiger partial charge in [-0.3, -0.25) is 4.79 Å². The number of amides is 1. The Labute approximate surface area is 138 Å². The van der Waals surface area contributed by atoms with Gasteiger partial charge in [0.25, 0.3) is 5.91 Å². The van der Waals surface area contributed by atoms with E-state index in [-0.39, 0.29) is 5.91 Å². The molecule has 6 heteroatoms. The maximum absolute atomic E-state index is 12.2. The molecule has 0 atom stereocenters. The summed E-state index contributed by atoms with van der Waals surface area (Å²) in [5, 5.41) is 11.6. The van der Waals surface area contributed by atoms with Crippen LogP contribution in [-0.4, -0.2) is 20.7 Å². The third-order valence-corrected chi connectivity index (χ3v) is 4.39. The molecule has 116 valence electrons. The standard InChI is InChI=1S/C17H16N4OS/c1-21-12-18-20-17(21)23-11-13-7-9-14(10-8-13)16(22)19-15-5-3-2-4-6-15/h2-10,12H,11H2,1H3,(H,19,22). The minimum absolute atomic E-state index is 0.108. The lowest BCUT2D eigenvalue weighted by Gasteiger charge is -2.06. The second-order valence-corrected chi connectivity index (χ2v) is 5.97. The van der Waals surface area contributed by atoms with Crippen LogP contribution in [0.2, 0.25) is 0 Å². The van der Waals surface area contributed by atoms with Crippen LogP contribution >= 0.6 is 11.8 Å². The lowest BCUT2D eigenvalue weighted by atomic mass is 10.1. The number of aromatic nitrogens is 3. The first kappa shape index (κ1) is 15.3. The van der Waals surface area contributed by atoms with Crippen molar-refractivity contribution in [2.24, 2.45) is 7.05 Å². The van der Waals surface area contributed by atoms with Crippen molar-refractivity contribution in [2.45, 2.75) is 10.9 Å². The summed E-state index contributed by atoms with van der Waals surface area (Å²) in [5.41, 5.74) is 2.56. The first-order valence-corrected chi connectivity index (χ1v) is 8.13. The van der Waals surface area contributed by atoms with Crippen molar-refractivity contribution in [3.05, 3.63) is 72.1 Å². The molecule has 1 N–H and O–H groups in total. The molecule has 3 aromatic rings. The van der Waals surface area contributed by atoms with E-state index in [1.54, 1.807) is 18.1 Å². The van der Waals surface area contributed by atoms with Crippen LogP contribution in [0, 0.1) is 0 Å². The fraction of sp³-hybridized carbons (Fsp3) is 0.118. The molecule has 23 heavy (non-hydrogen) atoms. The normalized spacial score (nSPS) is 10.5. The predicted molar refractivity (Wildman–Crippen MR) is 91.4 cm³/mol. The van der Waals surface area contributed by atoms with Gasteiger partial charge in [-0.1, -0.05) is 42.1 Å². The van der Waals surface area contributed by atoms with Gasteiger partial charge >= 0.3 is 0 Å². The fourth-order valence-corrected chi connectivity index (χ4v) is 2.87. The van der Waals surface area contributed by atoms with Gasteiger partial charge in [-0.25, -0.2) is 0 Å².